The van der Waals surface area contributed by atoms with E-state index in [9.17, 15) is 18.3 Å². The first-order valence-corrected chi connectivity index (χ1v) is 7.73. The van der Waals surface area contributed by atoms with Gasteiger partial charge in [-0.1, -0.05) is 11.3 Å². The fraction of sp³-hybridized carbons (Fsp3) is 0.500. The van der Waals surface area contributed by atoms with E-state index in [1.54, 1.807) is 20.8 Å². The molecule has 0 aliphatic rings. The number of rotatable bonds is 4. The molecule has 1 N–H and O–H groups in total. The van der Waals surface area contributed by atoms with Gasteiger partial charge in [-0.3, -0.25) is 0 Å². The fourth-order valence-corrected chi connectivity index (χ4v) is 2.80. The normalized spacial score (nSPS) is 13.8. The van der Waals surface area contributed by atoms with Crippen molar-refractivity contribution >= 4 is 16.3 Å². The molecule has 2 aromatic heterocycles. The van der Waals surface area contributed by atoms with Crippen molar-refractivity contribution in [2.75, 3.05) is 11.9 Å². The summed E-state index contributed by atoms with van der Waals surface area (Å²) in [5.41, 5.74) is -1.46. The molecule has 0 fully saturated rings. The van der Waals surface area contributed by atoms with Crippen LogP contribution in [0, 0.1) is 0 Å². The van der Waals surface area contributed by atoms with Gasteiger partial charge < -0.3 is 14.7 Å². The van der Waals surface area contributed by atoms with E-state index < -0.39 is 23.9 Å². The number of aromatic nitrogens is 3. The van der Waals surface area contributed by atoms with Gasteiger partial charge in [0, 0.05) is 25.0 Å². The maximum Gasteiger partial charge on any atom is 0.436 e. The van der Waals surface area contributed by atoms with Crippen LogP contribution in [0.2, 0.25) is 0 Å². The van der Waals surface area contributed by atoms with Gasteiger partial charge in [0.15, 0.2) is 5.69 Å². The van der Waals surface area contributed by atoms with Crippen LogP contribution in [0.1, 0.15) is 26.5 Å². The van der Waals surface area contributed by atoms with E-state index in [0.29, 0.717) is 5.56 Å². The van der Waals surface area contributed by atoms with Gasteiger partial charge in [0.25, 0.3) is 0 Å². The lowest BCUT2D eigenvalue weighted by Crippen LogP contribution is -2.39. The zero-order valence-electron chi connectivity index (χ0n) is 13.5. The Morgan fingerprint density at radius 2 is 1.79 bits per heavy atom. The number of alkyl halides is 3. The number of hydrogen-bond donors (Lipinski definition) is 1. The standard InChI is InChI=1S/C14H17F3N4O2S/c1-13(2,3)23-12(22)21(4)11-9(14(15,16)17)20-10(24-11)8-5-18-7-19-6-8/h5-7,12,22H,1-4H3. The summed E-state index contributed by atoms with van der Waals surface area (Å²) in [6, 6.07) is 0. The van der Waals surface area contributed by atoms with Gasteiger partial charge in [0.2, 0.25) is 6.41 Å². The van der Waals surface area contributed by atoms with Gasteiger partial charge in [0.05, 0.1) is 5.60 Å². The lowest BCUT2D eigenvalue weighted by Gasteiger charge is -2.30. The Kier molecular flexibility index (Phi) is 5.11. The minimum atomic E-state index is -4.67. The average Bonchev–Trinajstić information content (AvgIpc) is 2.90. The highest BCUT2D eigenvalue weighted by Gasteiger charge is 2.40. The van der Waals surface area contributed by atoms with Crippen LogP contribution in [0.25, 0.3) is 10.6 Å². The highest BCUT2D eigenvalue weighted by atomic mass is 32.1. The molecule has 0 saturated heterocycles. The molecule has 0 spiro atoms. The van der Waals surface area contributed by atoms with Crippen molar-refractivity contribution < 1.29 is 23.0 Å². The molecule has 1 atom stereocenters. The minimum absolute atomic E-state index is 0.104. The molecular weight excluding hydrogens is 345 g/mol. The highest BCUT2D eigenvalue weighted by Crippen LogP contribution is 2.43. The second-order valence-corrected chi connectivity index (χ2v) is 6.94. The smallest absolute Gasteiger partial charge is 0.351 e. The van der Waals surface area contributed by atoms with Gasteiger partial charge in [0.1, 0.15) is 16.3 Å². The first-order chi connectivity index (χ1) is 11.0. The molecule has 0 saturated carbocycles. The summed E-state index contributed by atoms with van der Waals surface area (Å²) in [5, 5.41) is 9.92. The van der Waals surface area contributed by atoms with E-state index in [-0.39, 0.29) is 10.0 Å². The third kappa shape index (κ3) is 4.40. The second-order valence-electron chi connectivity index (χ2n) is 5.97. The van der Waals surface area contributed by atoms with Crippen molar-refractivity contribution in [3.8, 4) is 10.6 Å². The molecule has 0 aliphatic heterocycles. The molecule has 0 amide bonds. The molecular formula is C14H17F3N4O2S. The number of aliphatic hydroxyl groups excluding tert-OH is 1. The predicted octanol–water partition coefficient (Wildman–Crippen LogP) is 3.15. The maximum atomic E-state index is 13.3. The number of anilines is 1. The van der Waals surface area contributed by atoms with Gasteiger partial charge in [-0.25, -0.2) is 15.0 Å². The second kappa shape index (κ2) is 6.61. The Labute approximate surface area is 141 Å². The number of nitrogens with zero attached hydrogens (tertiary/aromatic N) is 4. The SMILES string of the molecule is CN(c1sc(-c2cncnc2)nc1C(F)(F)F)C(O)OC(C)(C)C. The molecule has 10 heteroatoms. The fourth-order valence-electron chi connectivity index (χ4n) is 1.76. The van der Waals surface area contributed by atoms with Crippen LogP contribution in [-0.2, 0) is 10.9 Å². The number of ether oxygens (including phenoxy) is 1. The van der Waals surface area contributed by atoms with Crippen molar-refractivity contribution in [1.82, 2.24) is 15.0 Å². The molecule has 0 aliphatic carbocycles. The third-order valence-electron chi connectivity index (χ3n) is 2.80. The van der Waals surface area contributed by atoms with Crippen LogP contribution < -0.4 is 4.90 Å². The van der Waals surface area contributed by atoms with Crippen LogP contribution >= 0.6 is 11.3 Å². The lowest BCUT2D eigenvalue weighted by atomic mass is 10.2. The van der Waals surface area contributed by atoms with Gasteiger partial charge in [-0.2, -0.15) is 13.2 Å². The van der Waals surface area contributed by atoms with Crippen LogP contribution in [-0.4, -0.2) is 39.1 Å². The predicted molar refractivity (Wildman–Crippen MR) is 83.4 cm³/mol. The molecule has 2 heterocycles. The van der Waals surface area contributed by atoms with Gasteiger partial charge >= 0.3 is 6.18 Å². The van der Waals surface area contributed by atoms with Crippen molar-refractivity contribution in [3.05, 3.63) is 24.4 Å². The molecule has 24 heavy (non-hydrogen) atoms. The Morgan fingerprint density at radius 1 is 1.21 bits per heavy atom. The summed E-state index contributed by atoms with van der Waals surface area (Å²) < 4.78 is 45.2. The molecule has 1 unspecified atom stereocenters. The van der Waals surface area contributed by atoms with Gasteiger partial charge in [-0.05, 0) is 20.8 Å². The molecule has 2 rings (SSSR count). The van der Waals surface area contributed by atoms with Crippen LogP contribution in [0.15, 0.2) is 18.7 Å². The average molecular weight is 362 g/mol. The highest BCUT2D eigenvalue weighted by molar-refractivity contribution is 7.19. The Hall–Kier alpha value is -1.78. The molecule has 2 aromatic rings. The molecule has 132 valence electrons. The van der Waals surface area contributed by atoms with Crippen LogP contribution in [0.5, 0.6) is 0 Å². The largest absolute Gasteiger partial charge is 0.436 e. The van der Waals surface area contributed by atoms with E-state index in [4.69, 9.17) is 4.74 Å². The quantitative estimate of drug-likeness (QED) is 0.843. The summed E-state index contributed by atoms with van der Waals surface area (Å²) in [5.74, 6) is 0. The monoisotopic (exact) mass is 362 g/mol. The Bertz CT molecular complexity index is 686. The zero-order chi connectivity index (χ0) is 18.1. The zero-order valence-corrected chi connectivity index (χ0v) is 14.3. The topological polar surface area (TPSA) is 71.4 Å². The van der Waals surface area contributed by atoms with Crippen molar-refractivity contribution in [2.45, 2.75) is 39.0 Å². The summed E-state index contributed by atoms with van der Waals surface area (Å²) in [7, 11) is 1.31. The first kappa shape index (κ1) is 18.6. The lowest BCUT2D eigenvalue weighted by molar-refractivity contribution is -0.164. The summed E-state index contributed by atoms with van der Waals surface area (Å²) in [6.07, 6.45) is -2.20. The summed E-state index contributed by atoms with van der Waals surface area (Å²) in [4.78, 5) is 12.2. The van der Waals surface area contributed by atoms with E-state index in [1.807, 2.05) is 0 Å². The summed E-state index contributed by atoms with van der Waals surface area (Å²) >= 11 is 0.777. The molecule has 6 nitrogen and oxygen atoms in total. The van der Waals surface area contributed by atoms with E-state index in [0.717, 1.165) is 16.2 Å². The van der Waals surface area contributed by atoms with Crippen molar-refractivity contribution in [3.63, 3.8) is 0 Å². The number of hydrogen-bond acceptors (Lipinski definition) is 7. The first-order valence-electron chi connectivity index (χ1n) is 6.91. The number of halogens is 3. The summed E-state index contributed by atoms with van der Waals surface area (Å²) in [6.45, 7) is 5.07. The Balaban J connectivity index is 2.43. The maximum absolute atomic E-state index is 13.3. The minimum Gasteiger partial charge on any atom is -0.351 e. The molecule has 0 radical (unpaired) electrons. The van der Waals surface area contributed by atoms with Gasteiger partial charge in [-0.15, -0.1) is 0 Å². The number of thiazole rings is 1. The molecule has 0 bridgehead atoms. The third-order valence-corrected chi connectivity index (χ3v) is 3.99. The van der Waals surface area contributed by atoms with E-state index >= 15 is 0 Å². The van der Waals surface area contributed by atoms with E-state index in [1.165, 1.54) is 25.8 Å². The van der Waals surface area contributed by atoms with E-state index in [2.05, 4.69) is 15.0 Å². The number of aliphatic hydroxyl groups is 1. The molecule has 0 aromatic carbocycles. The van der Waals surface area contributed by atoms with Crippen LogP contribution in [0.4, 0.5) is 18.2 Å². The van der Waals surface area contributed by atoms with Crippen molar-refractivity contribution in [2.24, 2.45) is 0 Å². The van der Waals surface area contributed by atoms with Crippen LogP contribution in [0.3, 0.4) is 0 Å². The Morgan fingerprint density at radius 3 is 2.29 bits per heavy atom. The van der Waals surface area contributed by atoms with Crippen molar-refractivity contribution in [1.29, 1.82) is 0 Å².